The van der Waals surface area contributed by atoms with Crippen LogP contribution in [0, 0.1) is 5.92 Å². The van der Waals surface area contributed by atoms with Gasteiger partial charge in [-0.25, -0.2) is 17.7 Å². The van der Waals surface area contributed by atoms with Crippen LogP contribution >= 0.6 is 0 Å². The molecule has 0 amide bonds. The number of hydrogen-bond donors (Lipinski definition) is 2. The number of ether oxygens (including phenoxy) is 2. The molecule has 1 fully saturated rings. The van der Waals surface area contributed by atoms with Gasteiger partial charge in [0.05, 0.1) is 19.4 Å². The molecular formula is C19H30F2N4O4S. The Kier molecular flexibility index (Phi) is 9.09. The van der Waals surface area contributed by atoms with E-state index in [1.165, 1.54) is 10.6 Å². The summed E-state index contributed by atoms with van der Waals surface area (Å²) in [5, 5.41) is 6.31. The number of benzene rings is 1. The molecule has 8 nitrogen and oxygen atoms in total. The predicted octanol–water partition coefficient (Wildman–Crippen LogP) is 2.02. The zero-order chi connectivity index (χ0) is 22.1. The topological polar surface area (TPSA) is 92.3 Å². The second kappa shape index (κ2) is 11.3. The molecule has 1 heterocycles. The van der Waals surface area contributed by atoms with Gasteiger partial charge in [-0.3, -0.25) is 0 Å². The van der Waals surface area contributed by atoms with Crippen molar-refractivity contribution in [1.29, 1.82) is 0 Å². The van der Waals surface area contributed by atoms with Crippen LogP contribution in [0.4, 0.5) is 8.78 Å². The van der Waals surface area contributed by atoms with E-state index < -0.39 is 16.6 Å². The molecule has 1 aromatic rings. The first-order valence-electron chi connectivity index (χ1n) is 9.91. The molecule has 1 unspecified atom stereocenters. The van der Waals surface area contributed by atoms with Gasteiger partial charge in [-0.2, -0.15) is 8.78 Å². The molecule has 1 atom stereocenters. The average Bonchev–Trinajstić information content (AvgIpc) is 3.15. The van der Waals surface area contributed by atoms with E-state index in [4.69, 9.17) is 4.74 Å². The normalized spacial score (nSPS) is 17.9. The Bertz CT molecular complexity index is 821. The largest absolute Gasteiger partial charge is 0.490 e. The Balaban J connectivity index is 2.06. The van der Waals surface area contributed by atoms with Crippen molar-refractivity contribution in [3.8, 4) is 11.5 Å². The van der Waals surface area contributed by atoms with Gasteiger partial charge < -0.3 is 20.1 Å². The Hall–Kier alpha value is -2.14. The molecule has 0 aliphatic carbocycles. The van der Waals surface area contributed by atoms with E-state index in [1.54, 1.807) is 25.1 Å². The minimum atomic E-state index is -3.18. The Morgan fingerprint density at radius 1 is 1.33 bits per heavy atom. The summed E-state index contributed by atoms with van der Waals surface area (Å²) in [4.78, 5) is 4.46. The zero-order valence-electron chi connectivity index (χ0n) is 17.5. The zero-order valence-corrected chi connectivity index (χ0v) is 18.3. The van der Waals surface area contributed by atoms with Gasteiger partial charge in [-0.15, -0.1) is 0 Å². The molecule has 30 heavy (non-hydrogen) atoms. The molecule has 0 radical (unpaired) electrons. The van der Waals surface area contributed by atoms with Crippen molar-refractivity contribution in [2.75, 3.05) is 39.0 Å². The maximum absolute atomic E-state index is 12.9. The maximum atomic E-state index is 12.9. The van der Waals surface area contributed by atoms with Crippen molar-refractivity contribution in [2.24, 2.45) is 10.9 Å². The van der Waals surface area contributed by atoms with Gasteiger partial charge in [0.2, 0.25) is 10.0 Å². The number of aliphatic imine (C=N–C) groups is 1. The first-order chi connectivity index (χ1) is 14.2. The van der Waals surface area contributed by atoms with Crippen LogP contribution in [0.1, 0.15) is 25.8 Å². The molecule has 170 valence electrons. The molecular weight excluding hydrogens is 418 g/mol. The van der Waals surface area contributed by atoms with Crippen LogP contribution in [0.5, 0.6) is 11.5 Å². The molecule has 2 N–H and O–H groups in total. The van der Waals surface area contributed by atoms with Crippen molar-refractivity contribution in [3.63, 3.8) is 0 Å². The van der Waals surface area contributed by atoms with Gasteiger partial charge in [0, 0.05) is 31.7 Å². The number of alkyl halides is 2. The highest BCUT2D eigenvalue weighted by atomic mass is 32.2. The number of nitrogens with one attached hydrogen (secondary N) is 2. The predicted molar refractivity (Wildman–Crippen MR) is 112 cm³/mol. The molecule has 0 aromatic heterocycles. The lowest BCUT2D eigenvalue weighted by atomic mass is 10.1. The third kappa shape index (κ3) is 7.28. The number of rotatable bonds is 10. The molecule has 2 rings (SSSR count). The minimum absolute atomic E-state index is 0.0199. The number of guanidine groups is 1. The maximum Gasteiger partial charge on any atom is 0.387 e. The number of para-hydroxylation sites is 1. The summed E-state index contributed by atoms with van der Waals surface area (Å²) in [5.74, 6) is 0.909. The van der Waals surface area contributed by atoms with Crippen molar-refractivity contribution in [2.45, 2.75) is 33.4 Å². The highest BCUT2D eigenvalue weighted by molar-refractivity contribution is 7.88. The van der Waals surface area contributed by atoms with E-state index in [-0.39, 0.29) is 24.0 Å². The fourth-order valence-electron chi connectivity index (χ4n) is 3.19. The molecule has 1 saturated heterocycles. The number of halogens is 2. The summed E-state index contributed by atoms with van der Waals surface area (Å²) in [6, 6.07) is 4.94. The molecule has 1 aliphatic heterocycles. The molecule has 0 saturated carbocycles. The molecule has 1 aromatic carbocycles. The SMILES string of the molecule is CCNC(=NCc1cccc(OCC)c1OC(F)F)NCC1CCN(S(C)(=O)=O)C1. The van der Waals surface area contributed by atoms with Gasteiger partial charge in [-0.1, -0.05) is 12.1 Å². The fourth-order valence-corrected chi connectivity index (χ4v) is 4.11. The number of sulfonamides is 1. The van der Waals surface area contributed by atoms with E-state index in [2.05, 4.69) is 20.4 Å². The lowest BCUT2D eigenvalue weighted by molar-refractivity contribution is -0.0520. The van der Waals surface area contributed by atoms with Crippen LogP contribution in [-0.4, -0.2) is 64.3 Å². The average molecular weight is 449 g/mol. The first-order valence-corrected chi connectivity index (χ1v) is 11.8. The van der Waals surface area contributed by atoms with Crippen LogP contribution in [0.25, 0.3) is 0 Å². The number of nitrogens with zero attached hydrogens (tertiary/aromatic N) is 2. The van der Waals surface area contributed by atoms with E-state index in [0.29, 0.717) is 44.3 Å². The molecule has 0 spiro atoms. The van der Waals surface area contributed by atoms with Crippen LogP contribution in [-0.2, 0) is 16.6 Å². The van der Waals surface area contributed by atoms with Gasteiger partial charge in [0.25, 0.3) is 0 Å². The lowest BCUT2D eigenvalue weighted by Gasteiger charge is -2.17. The summed E-state index contributed by atoms with van der Waals surface area (Å²) in [6.07, 6.45) is 1.98. The van der Waals surface area contributed by atoms with E-state index >= 15 is 0 Å². The monoisotopic (exact) mass is 448 g/mol. The third-order valence-corrected chi connectivity index (χ3v) is 5.86. The van der Waals surface area contributed by atoms with Crippen molar-refractivity contribution >= 4 is 16.0 Å². The van der Waals surface area contributed by atoms with Crippen LogP contribution in [0.3, 0.4) is 0 Å². The minimum Gasteiger partial charge on any atom is -0.490 e. The number of hydrogen-bond acceptors (Lipinski definition) is 5. The first kappa shape index (κ1) is 24.1. The second-order valence-electron chi connectivity index (χ2n) is 6.91. The van der Waals surface area contributed by atoms with E-state index in [9.17, 15) is 17.2 Å². The van der Waals surface area contributed by atoms with Crippen molar-refractivity contribution in [1.82, 2.24) is 14.9 Å². The summed E-state index contributed by atoms with van der Waals surface area (Å²) in [5.41, 5.74) is 0.475. The molecule has 1 aliphatic rings. The molecule has 11 heteroatoms. The van der Waals surface area contributed by atoms with Gasteiger partial charge in [0.15, 0.2) is 17.5 Å². The van der Waals surface area contributed by atoms with E-state index in [1.807, 2.05) is 6.92 Å². The van der Waals surface area contributed by atoms with Crippen molar-refractivity contribution < 1.29 is 26.7 Å². The van der Waals surface area contributed by atoms with Crippen LogP contribution < -0.4 is 20.1 Å². The third-order valence-electron chi connectivity index (χ3n) is 4.59. The second-order valence-corrected chi connectivity index (χ2v) is 8.89. The van der Waals surface area contributed by atoms with Gasteiger partial charge in [-0.05, 0) is 32.3 Å². The van der Waals surface area contributed by atoms with Gasteiger partial charge >= 0.3 is 6.61 Å². The standard InChI is InChI=1S/C19H30F2N4O4S/c1-4-22-19(23-11-14-9-10-25(13-14)30(3,26)27)24-12-15-7-6-8-16(28-5-2)17(15)29-18(20)21/h6-8,14,18H,4-5,9-13H2,1-3H3,(H2,22,23,24). The lowest BCUT2D eigenvalue weighted by Crippen LogP contribution is -2.40. The summed E-state index contributed by atoms with van der Waals surface area (Å²) < 4.78 is 60.6. The molecule has 0 bridgehead atoms. The van der Waals surface area contributed by atoms with E-state index in [0.717, 1.165) is 6.42 Å². The Morgan fingerprint density at radius 3 is 2.70 bits per heavy atom. The summed E-state index contributed by atoms with van der Waals surface area (Å²) >= 11 is 0. The van der Waals surface area contributed by atoms with Crippen LogP contribution in [0.15, 0.2) is 23.2 Å². The Labute approximate surface area is 176 Å². The quantitative estimate of drug-likeness (QED) is 0.420. The van der Waals surface area contributed by atoms with Crippen LogP contribution in [0.2, 0.25) is 0 Å². The smallest absolute Gasteiger partial charge is 0.387 e. The Morgan fingerprint density at radius 2 is 2.10 bits per heavy atom. The van der Waals surface area contributed by atoms with Gasteiger partial charge in [0.1, 0.15) is 0 Å². The summed E-state index contributed by atoms with van der Waals surface area (Å²) in [7, 11) is -3.18. The highest BCUT2D eigenvalue weighted by Crippen LogP contribution is 2.33. The van der Waals surface area contributed by atoms with Crippen molar-refractivity contribution in [3.05, 3.63) is 23.8 Å². The fraction of sp³-hybridized carbons (Fsp3) is 0.632. The highest BCUT2D eigenvalue weighted by Gasteiger charge is 2.28. The summed E-state index contributed by atoms with van der Waals surface area (Å²) in [6.45, 7) is 3.28.